The summed E-state index contributed by atoms with van der Waals surface area (Å²) in [7, 11) is 0. The number of carbonyl (C=O) groups excluding carboxylic acids is 1. The number of benzene rings is 1. The molecule has 0 spiro atoms. The van der Waals surface area contributed by atoms with Crippen LogP contribution in [0.3, 0.4) is 0 Å². The first-order valence-corrected chi connectivity index (χ1v) is 11.2. The second-order valence-electron chi connectivity index (χ2n) is 8.95. The van der Waals surface area contributed by atoms with Gasteiger partial charge in [0.2, 0.25) is 5.88 Å². The lowest BCUT2D eigenvalue weighted by Crippen LogP contribution is -2.40. The Hall–Kier alpha value is -2.75. The van der Waals surface area contributed by atoms with Crippen molar-refractivity contribution >= 4 is 5.91 Å². The Morgan fingerprint density at radius 2 is 1.91 bits per heavy atom. The molecule has 3 fully saturated rings. The molecule has 1 aromatic heterocycles. The Kier molecular flexibility index (Phi) is 5.72. The molecule has 3 heterocycles. The molecule has 33 heavy (non-hydrogen) atoms. The number of hydrogen-bond donors (Lipinski definition) is 0. The van der Waals surface area contributed by atoms with E-state index in [1.54, 1.807) is 12.4 Å². The molecule has 2 aliphatic heterocycles. The van der Waals surface area contributed by atoms with Crippen molar-refractivity contribution in [3.8, 4) is 5.88 Å². The maximum absolute atomic E-state index is 14.5. The fourth-order valence-corrected chi connectivity index (χ4v) is 4.72. The minimum atomic E-state index is -4.86. The van der Waals surface area contributed by atoms with E-state index in [0.717, 1.165) is 37.2 Å². The number of fused-ring (bicyclic) bond motifs is 1. The third-order valence-electron chi connectivity index (χ3n) is 6.55. The van der Waals surface area contributed by atoms with Gasteiger partial charge in [-0.3, -0.25) is 14.7 Å². The first kappa shape index (κ1) is 22.1. The van der Waals surface area contributed by atoms with Crippen LogP contribution in [0.4, 0.5) is 17.6 Å². The van der Waals surface area contributed by atoms with Gasteiger partial charge in [-0.15, -0.1) is 0 Å². The highest BCUT2D eigenvalue weighted by Gasteiger charge is 2.39. The molecular weight excluding hydrogens is 440 g/mol. The SMILES string of the molecule is O=C(c1cccc(C(F)(F)F)c1F)N1CCCN2C[C@H](Oc3cnc(C4CC4)cn3)C[C@H]2C1. The third-order valence-corrected chi connectivity index (χ3v) is 6.55. The van der Waals surface area contributed by atoms with Crippen molar-refractivity contribution in [2.75, 3.05) is 26.2 Å². The summed E-state index contributed by atoms with van der Waals surface area (Å²) < 4.78 is 59.7. The molecule has 6 nitrogen and oxygen atoms in total. The van der Waals surface area contributed by atoms with Gasteiger partial charge in [-0.1, -0.05) is 6.07 Å². The number of halogens is 4. The standard InChI is InChI=1S/C23H24F4N4O2/c24-21-17(3-1-4-18(21)23(25,26)27)22(32)31-8-2-7-30-13-16(9-15(30)12-31)33-20-11-28-19(10-29-20)14-5-6-14/h1,3-4,10-11,14-16H,2,5-9,12-13H2/t15-,16+/m0/s1. The highest BCUT2D eigenvalue weighted by Crippen LogP contribution is 2.38. The number of aromatic nitrogens is 2. The molecule has 0 unspecified atom stereocenters. The number of ether oxygens (including phenoxy) is 1. The molecule has 1 saturated carbocycles. The molecule has 1 aromatic carbocycles. The lowest BCUT2D eigenvalue weighted by atomic mass is 10.1. The van der Waals surface area contributed by atoms with E-state index in [9.17, 15) is 22.4 Å². The van der Waals surface area contributed by atoms with Gasteiger partial charge in [-0.05, 0) is 31.4 Å². The molecule has 10 heteroatoms. The summed E-state index contributed by atoms with van der Waals surface area (Å²) in [5.41, 5.74) is -0.985. The number of alkyl halides is 3. The van der Waals surface area contributed by atoms with Crippen LogP contribution < -0.4 is 4.74 Å². The van der Waals surface area contributed by atoms with Gasteiger partial charge in [0.05, 0.1) is 29.2 Å². The molecule has 0 bridgehead atoms. The molecule has 1 amide bonds. The summed E-state index contributed by atoms with van der Waals surface area (Å²) in [5, 5.41) is 0. The van der Waals surface area contributed by atoms with Gasteiger partial charge < -0.3 is 9.64 Å². The Bertz CT molecular complexity index is 1030. The molecular formula is C23H24F4N4O2. The second-order valence-corrected chi connectivity index (χ2v) is 8.95. The largest absolute Gasteiger partial charge is 0.472 e. The first-order valence-electron chi connectivity index (χ1n) is 11.2. The molecule has 176 valence electrons. The van der Waals surface area contributed by atoms with E-state index in [0.29, 0.717) is 50.3 Å². The van der Waals surface area contributed by atoms with Crippen LogP contribution in [0.15, 0.2) is 30.6 Å². The number of rotatable bonds is 4. The lowest BCUT2D eigenvalue weighted by Gasteiger charge is -2.26. The summed E-state index contributed by atoms with van der Waals surface area (Å²) in [4.78, 5) is 25.4. The Balaban J connectivity index is 1.25. The zero-order chi connectivity index (χ0) is 23.2. The molecule has 2 saturated heterocycles. The topological polar surface area (TPSA) is 58.6 Å². The molecule has 2 aromatic rings. The molecule has 0 N–H and O–H groups in total. The predicted molar refractivity (Wildman–Crippen MR) is 110 cm³/mol. The van der Waals surface area contributed by atoms with Crippen LogP contribution in [-0.4, -0.2) is 64.0 Å². The van der Waals surface area contributed by atoms with Crippen molar-refractivity contribution in [2.24, 2.45) is 0 Å². The normalized spacial score (nSPS) is 23.8. The van der Waals surface area contributed by atoms with E-state index in [-0.39, 0.29) is 12.1 Å². The second kappa shape index (κ2) is 8.55. The highest BCUT2D eigenvalue weighted by molar-refractivity contribution is 5.94. The lowest BCUT2D eigenvalue weighted by molar-refractivity contribution is -0.140. The van der Waals surface area contributed by atoms with Crippen LogP contribution >= 0.6 is 0 Å². The Morgan fingerprint density at radius 1 is 1.09 bits per heavy atom. The summed E-state index contributed by atoms with van der Waals surface area (Å²) in [6.07, 6.45) is 1.99. The van der Waals surface area contributed by atoms with Gasteiger partial charge in [0.15, 0.2) is 0 Å². The van der Waals surface area contributed by atoms with Crippen LogP contribution in [0.5, 0.6) is 5.88 Å². The van der Waals surface area contributed by atoms with Gasteiger partial charge in [0.1, 0.15) is 11.9 Å². The molecule has 3 aliphatic rings. The van der Waals surface area contributed by atoms with Crippen LogP contribution in [-0.2, 0) is 6.18 Å². The van der Waals surface area contributed by atoms with E-state index in [1.165, 1.54) is 4.90 Å². The minimum absolute atomic E-state index is 0.0194. The van der Waals surface area contributed by atoms with Crippen molar-refractivity contribution < 1.29 is 27.1 Å². The number of carbonyl (C=O) groups is 1. The number of amides is 1. The van der Waals surface area contributed by atoms with Crippen LogP contribution in [0.1, 0.15) is 53.2 Å². The van der Waals surface area contributed by atoms with Crippen molar-refractivity contribution in [1.82, 2.24) is 19.8 Å². The zero-order valence-corrected chi connectivity index (χ0v) is 17.9. The van der Waals surface area contributed by atoms with Gasteiger partial charge in [0.25, 0.3) is 5.91 Å². The molecule has 1 aliphatic carbocycles. The van der Waals surface area contributed by atoms with Gasteiger partial charge in [-0.2, -0.15) is 13.2 Å². The number of nitrogens with zero attached hydrogens (tertiary/aromatic N) is 4. The maximum Gasteiger partial charge on any atom is 0.419 e. The fourth-order valence-electron chi connectivity index (χ4n) is 4.72. The van der Waals surface area contributed by atoms with Crippen molar-refractivity contribution in [1.29, 1.82) is 0 Å². The van der Waals surface area contributed by atoms with E-state index < -0.39 is 29.0 Å². The monoisotopic (exact) mass is 464 g/mol. The summed E-state index contributed by atoms with van der Waals surface area (Å²) in [6.45, 7) is 2.06. The maximum atomic E-state index is 14.5. The van der Waals surface area contributed by atoms with E-state index >= 15 is 0 Å². The van der Waals surface area contributed by atoms with Crippen LogP contribution in [0.2, 0.25) is 0 Å². The first-order chi connectivity index (χ1) is 15.8. The third kappa shape index (κ3) is 4.66. The van der Waals surface area contributed by atoms with E-state index in [2.05, 4.69) is 14.9 Å². The quantitative estimate of drug-likeness (QED) is 0.643. The zero-order valence-electron chi connectivity index (χ0n) is 17.9. The van der Waals surface area contributed by atoms with Gasteiger partial charge in [0, 0.05) is 44.6 Å². The smallest absolute Gasteiger partial charge is 0.419 e. The van der Waals surface area contributed by atoms with Crippen molar-refractivity contribution in [3.05, 3.63) is 53.2 Å². The average molecular weight is 464 g/mol. The fraction of sp³-hybridized carbons (Fsp3) is 0.522. The van der Waals surface area contributed by atoms with Crippen molar-refractivity contribution in [3.63, 3.8) is 0 Å². The van der Waals surface area contributed by atoms with Crippen molar-refractivity contribution in [2.45, 2.75) is 49.9 Å². The molecule has 2 atom stereocenters. The van der Waals surface area contributed by atoms with E-state index in [1.807, 2.05) is 0 Å². The van der Waals surface area contributed by atoms with Crippen LogP contribution in [0, 0.1) is 5.82 Å². The Labute approximate surface area is 188 Å². The van der Waals surface area contributed by atoms with Gasteiger partial charge >= 0.3 is 6.18 Å². The van der Waals surface area contributed by atoms with E-state index in [4.69, 9.17) is 4.74 Å². The highest BCUT2D eigenvalue weighted by atomic mass is 19.4. The average Bonchev–Trinajstić information content (AvgIpc) is 3.58. The predicted octanol–water partition coefficient (Wildman–Crippen LogP) is 3.88. The summed E-state index contributed by atoms with van der Waals surface area (Å²) >= 11 is 0. The minimum Gasteiger partial charge on any atom is -0.472 e. The summed E-state index contributed by atoms with van der Waals surface area (Å²) in [6, 6.07) is 2.81. The number of hydrogen-bond acceptors (Lipinski definition) is 5. The summed E-state index contributed by atoms with van der Waals surface area (Å²) in [5.74, 6) is -1.26. The van der Waals surface area contributed by atoms with Crippen LogP contribution in [0.25, 0.3) is 0 Å². The molecule has 5 rings (SSSR count). The Morgan fingerprint density at radius 3 is 2.61 bits per heavy atom. The molecule has 0 radical (unpaired) electrons. The van der Waals surface area contributed by atoms with Gasteiger partial charge in [-0.25, -0.2) is 9.37 Å².